The number of nitrogens with zero attached hydrogens (tertiary/aromatic N) is 1. The Labute approximate surface area is 83.4 Å². The van der Waals surface area contributed by atoms with Gasteiger partial charge in [0, 0.05) is 13.1 Å². The van der Waals surface area contributed by atoms with Crippen LogP contribution >= 0.6 is 0 Å². The van der Waals surface area contributed by atoms with Gasteiger partial charge in [-0.15, -0.1) is 0 Å². The number of esters is 1. The van der Waals surface area contributed by atoms with Crippen LogP contribution in [0, 0.1) is 0 Å². The summed E-state index contributed by atoms with van der Waals surface area (Å²) in [5.74, 6) is -0.415. The van der Waals surface area contributed by atoms with Crippen LogP contribution in [0.4, 0.5) is 0 Å². The maximum absolute atomic E-state index is 11.6. The summed E-state index contributed by atoms with van der Waals surface area (Å²) < 4.78 is 4.60. The predicted molar refractivity (Wildman–Crippen MR) is 50.7 cm³/mol. The van der Waals surface area contributed by atoms with E-state index in [1.54, 1.807) is 18.7 Å². The molecule has 0 saturated carbocycles. The van der Waals surface area contributed by atoms with Crippen molar-refractivity contribution in [3.8, 4) is 0 Å². The SMILES string of the molecule is COC(=O)[C@H](C)N1CCN[C@H](C)C1=O. The molecule has 80 valence electrons. The number of hydrogen-bond acceptors (Lipinski definition) is 4. The van der Waals surface area contributed by atoms with Gasteiger partial charge in [0.2, 0.25) is 5.91 Å². The van der Waals surface area contributed by atoms with Crippen LogP contribution in [-0.4, -0.2) is 49.1 Å². The number of methoxy groups -OCH3 is 1. The Morgan fingerprint density at radius 2 is 2.36 bits per heavy atom. The second-order valence-corrected chi connectivity index (χ2v) is 3.41. The van der Waals surface area contributed by atoms with Gasteiger partial charge in [0.25, 0.3) is 0 Å². The van der Waals surface area contributed by atoms with E-state index in [0.29, 0.717) is 13.1 Å². The molecule has 1 aliphatic heterocycles. The molecule has 0 aromatic heterocycles. The maximum Gasteiger partial charge on any atom is 0.328 e. The van der Waals surface area contributed by atoms with E-state index >= 15 is 0 Å². The zero-order valence-corrected chi connectivity index (χ0v) is 8.74. The highest BCUT2D eigenvalue weighted by Gasteiger charge is 2.31. The zero-order valence-electron chi connectivity index (χ0n) is 8.74. The van der Waals surface area contributed by atoms with Crippen molar-refractivity contribution in [2.75, 3.05) is 20.2 Å². The smallest absolute Gasteiger partial charge is 0.328 e. The summed E-state index contributed by atoms with van der Waals surface area (Å²) in [7, 11) is 1.33. The van der Waals surface area contributed by atoms with Crippen molar-refractivity contribution >= 4 is 11.9 Å². The Morgan fingerprint density at radius 3 is 2.93 bits per heavy atom. The van der Waals surface area contributed by atoms with Crippen molar-refractivity contribution in [3.63, 3.8) is 0 Å². The van der Waals surface area contributed by atoms with Crippen LogP contribution < -0.4 is 5.32 Å². The van der Waals surface area contributed by atoms with E-state index in [1.165, 1.54) is 7.11 Å². The summed E-state index contributed by atoms with van der Waals surface area (Å²) in [6.45, 7) is 4.74. The first-order valence-electron chi connectivity index (χ1n) is 4.69. The first kappa shape index (κ1) is 11.0. The van der Waals surface area contributed by atoms with E-state index in [4.69, 9.17) is 0 Å². The van der Waals surface area contributed by atoms with Crippen LogP contribution in [0.1, 0.15) is 13.8 Å². The first-order chi connectivity index (χ1) is 6.57. The molecule has 0 unspecified atom stereocenters. The van der Waals surface area contributed by atoms with E-state index in [2.05, 4.69) is 10.1 Å². The molecule has 2 atom stereocenters. The van der Waals surface area contributed by atoms with Crippen LogP contribution in [0.25, 0.3) is 0 Å². The average molecular weight is 200 g/mol. The lowest BCUT2D eigenvalue weighted by molar-refractivity contribution is -0.153. The summed E-state index contributed by atoms with van der Waals surface area (Å²) in [5, 5.41) is 3.03. The van der Waals surface area contributed by atoms with E-state index in [9.17, 15) is 9.59 Å². The van der Waals surface area contributed by atoms with E-state index < -0.39 is 6.04 Å². The lowest BCUT2D eigenvalue weighted by Crippen LogP contribution is -2.58. The Hall–Kier alpha value is -1.10. The van der Waals surface area contributed by atoms with Crippen molar-refractivity contribution in [1.29, 1.82) is 0 Å². The minimum absolute atomic E-state index is 0.0471. The van der Waals surface area contributed by atoms with Gasteiger partial charge >= 0.3 is 5.97 Å². The normalized spacial score (nSPS) is 24.6. The number of carbonyl (C=O) groups is 2. The van der Waals surface area contributed by atoms with E-state index in [0.717, 1.165) is 0 Å². The van der Waals surface area contributed by atoms with Crippen LogP contribution in [0.2, 0.25) is 0 Å². The van der Waals surface area contributed by atoms with Gasteiger partial charge in [-0.3, -0.25) is 4.79 Å². The number of hydrogen-bond donors (Lipinski definition) is 1. The zero-order chi connectivity index (χ0) is 10.7. The third kappa shape index (κ3) is 2.04. The highest BCUT2D eigenvalue weighted by molar-refractivity contribution is 5.87. The molecule has 0 radical (unpaired) electrons. The minimum Gasteiger partial charge on any atom is -0.467 e. The third-order valence-electron chi connectivity index (χ3n) is 2.47. The van der Waals surface area contributed by atoms with Gasteiger partial charge < -0.3 is 15.0 Å². The summed E-state index contributed by atoms with van der Waals surface area (Å²) in [4.78, 5) is 24.4. The lowest BCUT2D eigenvalue weighted by atomic mass is 10.1. The first-order valence-corrected chi connectivity index (χ1v) is 4.69. The molecule has 5 heteroatoms. The summed E-state index contributed by atoms with van der Waals surface area (Å²) in [6.07, 6.45) is 0. The van der Waals surface area contributed by atoms with E-state index in [1.807, 2.05) is 0 Å². The number of amides is 1. The molecular weight excluding hydrogens is 184 g/mol. The van der Waals surface area contributed by atoms with Crippen LogP contribution in [-0.2, 0) is 14.3 Å². The van der Waals surface area contributed by atoms with Crippen LogP contribution in [0.3, 0.4) is 0 Å². The van der Waals surface area contributed by atoms with Crippen molar-refractivity contribution in [1.82, 2.24) is 10.2 Å². The van der Waals surface area contributed by atoms with Crippen molar-refractivity contribution in [2.24, 2.45) is 0 Å². The number of ether oxygens (including phenoxy) is 1. The molecule has 1 rings (SSSR count). The summed E-state index contributed by atoms with van der Waals surface area (Å²) in [6, 6.07) is -0.701. The quantitative estimate of drug-likeness (QED) is 0.603. The fourth-order valence-electron chi connectivity index (χ4n) is 1.53. The largest absolute Gasteiger partial charge is 0.467 e. The van der Waals surface area contributed by atoms with Gasteiger partial charge in [0.15, 0.2) is 0 Å². The second-order valence-electron chi connectivity index (χ2n) is 3.41. The molecule has 0 bridgehead atoms. The maximum atomic E-state index is 11.6. The van der Waals surface area contributed by atoms with Gasteiger partial charge in [-0.05, 0) is 13.8 Å². The number of nitrogens with one attached hydrogen (secondary N) is 1. The summed E-state index contributed by atoms with van der Waals surface area (Å²) >= 11 is 0. The molecule has 14 heavy (non-hydrogen) atoms. The van der Waals surface area contributed by atoms with Gasteiger partial charge in [-0.25, -0.2) is 4.79 Å². The summed E-state index contributed by atoms with van der Waals surface area (Å²) in [5.41, 5.74) is 0. The Bertz CT molecular complexity index is 242. The standard InChI is InChI=1S/C9H16N2O3/c1-6-8(12)11(5-4-10-6)7(2)9(13)14-3/h6-7,10H,4-5H2,1-3H3/t6-,7+/m1/s1. The van der Waals surface area contributed by atoms with Crippen LogP contribution in [0.15, 0.2) is 0 Å². The Morgan fingerprint density at radius 1 is 1.71 bits per heavy atom. The van der Waals surface area contributed by atoms with Crippen LogP contribution in [0.5, 0.6) is 0 Å². The molecule has 1 amide bonds. The minimum atomic E-state index is -0.489. The molecule has 5 nitrogen and oxygen atoms in total. The van der Waals surface area contributed by atoms with Gasteiger partial charge in [-0.2, -0.15) is 0 Å². The molecule has 0 aromatic rings. The molecule has 1 aliphatic rings. The second kappa shape index (κ2) is 4.41. The highest BCUT2D eigenvalue weighted by Crippen LogP contribution is 2.07. The Kier molecular flexibility index (Phi) is 3.46. The molecule has 0 spiro atoms. The molecule has 1 N–H and O–H groups in total. The lowest BCUT2D eigenvalue weighted by Gasteiger charge is -2.34. The molecule has 1 heterocycles. The molecule has 1 saturated heterocycles. The van der Waals surface area contributed by atoms with Gasteiger partial charge in [-0.1, -0.05) is 0 Å². The molecule has 0 aliphatic carbocycles. The monoisotopic (exact) mass is 200 g/mol. The van der Waals surface area contributed by atoms with Gasteiger partial charge in [0.1, 0.15) is 6.04 Å². The fraction of sp³-hybridized carbons (Fsp3) is 0.778. The van der Waals surface area contributed by atoms with Crippen molar-refractivity contribution in [3.05, 3.63) is 0 Å². The molecular formula is C9H16N2O3. The van der Waals surface area contributed by atoms with Crippen molar-refractivity contribution < 1.29 is 14.3 Å². The average Bonchev–Trinajstić information content (AvgIpc) is 2.20. The predicted octanol–water partition coefficient (Wildman–Crippen LogP) is -0.632. The molecule has 0 aromatic carbocycles. The highest BCUT2D eigenvalue weighted by atomic mass is 16.5. The topological polar surface area (TPSA) is 58.6 Å². The fourth-order valence-corrected chi connectivity index (χ4v) is 1.53. The number of carbonyl (C=O) groups excluding carboxylic acids is 2. The number of rotatable bonds is 2. The van der Waals surface area contributed by atoms with E-state index in [-0.39, 0.29) is 17.9 Å². The Balaban J connectivity index is 2.66. The molecule has 1 fully saturated rings. The third-order valence-corrected chi connectivity index (χ3v) is 2.47. The van der Waals surface area contributed by atoms with Gasteiger partial charge in [0.05, 0.1) is 13.2 Å². The number of piperazine rings is 1. The van der Waals surface area contributed by atoms with Crippen molar-refractivity contribution in [2.45, 2.75) is 25.9 Å².